The number of halogens is 1. The smallest absolute Gasteiger partial charge is 0.384 e. The topological polar surface area (TPSA) is 125 Å². The van der Waals surface area contributed by atoms with Crippen molar-refractivity contribution in [1.82, 2.24) is 30.0 Å². The molecule has 2 N–H and O–H groups in total. The molecule has 0 radical (unpaired) electrons. The van der Waals surface area contributed by atoms with Crippen LogP contribution >= 0.6 is 11.6 Å². The SMILES string of the molecule is CC1CCC(CN2c3c(nc(-c4n[nH]c(=O)o4)nc3-c3cncc(Cl)c3)NC2N2[C@H](C)COC[C@H]2C)CC1. The largest absolute Gasteiger partial charge is 0.434 e. The summed E-state index contributed by atoms with van der Waals surface area (Å²) in [6.45, 7) is 8.92. The fraction of sp³-hybridized carbons (Fsp3) is 0.577. The van der Waals surface area contributed by atoms with Crippen molar-refractivity contribution in [2.45, 2.75) is 64.8 Å². The van der Waals surface area contributed by atoms with Crippen molar-refractivity contribution in [2.24, 2.45) is 11.8 Å². The van der Waals surface area contributed by atoms with Crippen molar-refractivity contribution in [2.75, 3.05) is 30.0 Å². The number of hydrogen-bond acceptors (Lipinski definition) is 10. The van der Waals surface area contributed by atoms with Crippen LogP contribution in [0.5, 0.6) is 0 Å². The Balaban J connectivity index is 1.49. The summed E-state index contributed by atoms with van der Waals surface area (Å²) >= 11 is 6.37. The fourth-order valence-electron chi connectivity index (χ4n) is 6.03. The van der Waals surface area contributed by atoms with Gasteiger partial charge in [0.05, 0.1) is 18.2 Å². The molecule has 2 aliphatic heterocycles. The third kappa shape index (κ3) is 4.78. The van der Waals surface area contributed by atoms with Crippen molar-refractivity contribution < 1.29 is 9.15 Å². The number of rotatable bonds is 5. The van der Waals surface area contributed by atoms with Crippen LogP contribution in [0.3, 0.4) is 0 Å². The van der Waals surface area contributed by atoms with E-state index in [-0.39, 0.29) is 30.1 Å². The third-order valence-electron chi connectivity index (χ3n) is 7.95. The quantitative estimate of drug-likeness (QED) is 0.490. The molecule has 1 aliphatic carbocycles. The van der Waals surface area contributed by atoms with Gasteiger partial charge in [0, 0.05) is 36.6 Å². The summed E-state index contributed by atoms with van der Waals surface area (Å²) in [4.78, 5) is 30.6. The number of fused-ring (bicyclic) bond motifs is 1. The van der Waals surface area contributed by atoms with E-state index in [2.05, 4.69) is 51.1 Å². The molecule has 0 bridgehead atoms. The van der Waals surface area contributed by atoms with Crippen molar-refractivity contribution >= 4 is 23.1 Å². The molecule has 38 heavy (non-hydrogen) atoms. The third-order valence-corrected chi connectivity index (χ3v) is 8.16. The van der Waals surface area contributed by atoms with Gasteiger partial charge in [-0.2, -0.15) is 0 Å². The molecule has 1 saturated heterocycles. The number of H-pyrrole nitrogens is 1. The molecular weight excluding hydrogens is 508 g/mol. The molecule has 0 aromatic carbocycles. The molecule has 3 aliphatic rings. The molecule has 0 spiro atoms. The molecule has 3 atom stereocenters. The lowest BCUT2D eigenvalue weighted by molar-refractivity contribution is -0.0528. The van der Waals surface area contributed by atoms with Gasteiger partial charge in [0.1, 0.15) is 11.4 Å². The molecule has 1 saturated carbocycles. The summed E-state index contributed by atoms with van der Waals surface area (Å²) in [6.07, 6.45) is 8.07. The van der Waals surface area contributed by atoms with Crippen LogP contribution in [0.1, 0.15) is 46.5 Å². The van der Waals surface area contributed by atoms with E-state index in [1.165, 1.54) is 25.7 Å². The van der Waals surface area contributed by atoms with Crippen molar-refractivity contribution in [3.05, 3.63) is 34.0 Å². The molecule has 6 rings (SSSR count). The summed E-state index contributed by atoms with van der Waals surface area (Å²) < 4.78 is 11.1. The molecule has 202 valence electrons. The van der Waals surface area contributed by atoms with Crippen LogP contribution in [0.15, 0.2) is 27.7 Å². The zero-order chi connectivity index (χ0) is 26.4. The van der Waals surface area contributed by atoms with Gasteiger partial charge in [0.25, 0.3) is 5.89 Å². The lowest BCUT2D eigenvalue weighted by Gasteiger charge is -2.46. The van der Waals surface area contributed by atoms with E-state index in [0.717, 1.165) is 23.7 Å². The highest BCUT2D eigenvalue weighted by molar-refractivity contribution is 6.30. The second kappa shape index (κ2) is 10.3. The average Bonchev–Trinajstić information content (AvgIpc) is 3.48. The van der Waals surface area contributed by atoms with Crippen molar-refractivity contribution in [3.8, 4) is 23.0 Å². The predicted molar refractivity (Wildman–Crippen MR) is 144 cm³/mol. The number of ether oxygens (including phenoxy) is 1. The normalized spacial score (nSPS) is 27.8. The molecule has 11 nitrogen and oxygen atoms in total. The highest BCUT2D eigenvalue weighted by atomic mass is 35.5. The van der Waals surface area contributed by atoms with E-state index in [1.807, 2.05) is 6.07 Å². The van der Waals surface area contributed by atoms with Crippen molar-refractivity contribution in [1.29, 1.82) is 0 Å². The molecule has 3 aromatic rings. The zero-order valence-corrected chi connectivity index (χ0v) is 22.6. The number of hydrogen-bond donors (Lipinski definition) is 2. The van der Waals surface area contributed by atoms with Crippen LogP contribution in [0, 0.1) is 11.8 Å². The number of pyridine rings is 1. The van der Waals surface area contributed by atoms with Crippen LogP contribution in [0.2, 0.25) is 5.02 Å². The lowest BCUT2D eigenvalue weighted by atomic mass is 9.83. The maximum Gasteiger partial charge on any atom is 0.434 e. The van der Waals surface area contributed by atoms with Gasteiger partial charge in [-0.25, -0.2) is 19.9 Å². The van der Waals surface area contributed by atoms with Gasteiger partial charge in [-0.1, -0.05) is 31.4 Å². The Kier molecular flexibility index (Phi) is 6.83. The van der Waals surface area contributed by atoms with Gasteiger partial charge in [0.2, 0.25) is 5.82 Å². The van der Waals surface area contributed by atoms with E-state index in [0.29, 0.717) is 35.7 Å². The Morgan fingerprint density at radius 1 is 1.08 bits per heavy atom. The first kappa shape index (κ1) is 25.3. The fourth-order valence-corrected chi connectivity index (χ4v) is 6.20. The maximum atomic E-state index is 11.7. The standard InChI is InChI=1S/C26H33ClN8O3/c1-14-4-6-17(7-5-14)11-34-21-20(18-8-19(27)10-28-9-18)29-23(24-32-33-26(36)38-24)30-22(21)31-25(34)35-15(2)12-37-13-16(35)3/h8-10,14-17,25H,4-7,11-13H2,1-3H3,(H,33,36)(H,29,30,31)/t14?,15-,16-,17?,25?/m1/s1. The number of nitrogens with zero attached hydrogens (tertiary/aromatic N) is 6. The monoisotopic (exact) mass is 540 g/mol. The number of nitrogens with one attached hydrogen (secondary N) is 2. The molecule has 1 unspecified atom stereocenters. The van der Waals surface area contributed by atoms with Crippen LogP contribution in [0.4, 0.5) is 11.5 Å². The summed E-state index contributed by atoms with van der Waals surface area (Å²) in [7, 11) is 0. The number of anilines is 2. The molecule has 5 heterocycles. The Morgan fingerprint density at radius 3 is 2.53 bits per heavy atom. The van der Waals surface area contributed by atoms with Gasteiger partial charge >= 0.3 is 5.76 Å². The first-order valence-corrected chi connectivity index (χ1v) is 13.7. The van der Waals surface area contributed by atoms with Crippen molar-refractivity contribution in [3.63, 3.8) is 0 Å². The minimum Gasteiger partial charge on any atom is -0.384 e. The van der Waals surface area contributed by atoms with Crippen LogP contribution in [-0.4, -0.2) is 68.2 Å². The Hall–Kier alpha value is -3.02. The number of morpholine rings is 1. The van der Waals surface area contributed by atoms with E-state index in [1.54, 1.807) is 12.4 Å². The van der Waals surface area contributed by atoms with Gasteiger partial charge in [-0.15, -0.1) is 5.10 Å². The highest BCUT2D eigenvalue weighted by Crippen LogP contribution is 2.45. The maximum absolute atomic E-state index is 11.7. The summed E-state index contributed by atoms with van der Waals surface area (Å²) in [5.74, 6) is 1.57. The molecule has 12 heteroatoms. The summed E-state index contributed by atoms with van der Waals surface area (Å²) in [5.41, 5.74) is 2.31. The molecule has 2 fully saturated rings. The highest BCUT2D eigenvalue weighted by Gasteiger charge is 2.43. The molecule has 3 aromatic heterocycles. The first-order valence-electron chi connectivity index (χ1n) is 13.3. The second-order valence-electron chi connectivity index (χ2n) is 10.9. The van der Waals surface area contributed by atoms with Crippen LogP contribution < -0.4 is 16.0 Å². The number of aromatic amines is 1. The Bertz CT molecular complexity index is 1340. The lowest BCUT2D eigenvalue weighted by Crippen LogP contribution is -2.61. The minimum absolute atomic E-state index is 0.0280. The van der Waals surface area contributed by atoms with Gasteiger partial charge < -0.3 is 19.4 Å². The average molecular weight is 541 g/mol. The van der Waals surface area contributed by atoms with Crippen LogP contribution in [0.25, 0.3) is 23.0 Å². The summed E-state index contributed by atoms with van der Waals surface area (Å²) in [6, 6.07) is 2.25. The second-order valence-corrected chi connectivity index (χ2v) is 11.3. The van der Waals surface area contributed by atoms with Gasteiger partial charge in [-0.05, 0) is 44.6 Å². The van der Waals surface area contributed by atoms with Crippen LogP contribution in [-0.2, 0) is 4.74 Å². The first-order chi connectivity index (χ1) is 18.4. The zero-order valence-electron chi connectivity index (χ0n) is 21.9. The molecular formula is C26H33ClN8O3. The minimum atomic E-state index is -0.662. The van der Waals surface area contributed by atoms with E-state index < -0.39 is 5.76 Å². The van der Waals surface area contributed by atoms with E-state index in [9.17, 15) is 4.79 Å². The number of aromatic nitrogens is 5. The van der Waals surface area contributed by atoms with E-state index >= 15 is 0 Å². The summed E-state index contributed by atoms with van der Waals surface area (Å²) in [5, 5.41) is 10.5. The van der Waals surface area contributed by atoms with Gasteiger partial charge in [0.15, 0.2) is 12.1 Å². The molecule has 0 amide bonds. The van der Waals surface area contributed by atoms with E-state index in [4.69, 9.17) is 30.7 Å². The Morgan fingerprint density at radius 2 is 1.84 bits per heavy atom. The predicted octanol–water partition coefficient (Wildman–Crippen LogP) is 3.99. The Labute approximate surface area is 226 Å². The van der Waals surface area contributed by atoms with Gasteiger partial charge in [-0.3, -0.25) is 9.88 Å².